The van der Waals surface area contributed by atoms with E-state index in [1.807, 2.05) is 30.3 Å². The van der Waals surface area contributed by atoms with Crippen LogP contribution in [0, 0.1) is 5.41 Å². The minimum atomic E-state index is -1.03. The molecule has 0 aliphatic carbocycles. The van der Waals surface area contributed by atoms with Gasteiger partial charge in [0.15, 0.2) is 5.76 Å². The number of amides is 1. The lowest BCUT2D eigenvalue weighted by Gasteiger charge is -2.19. The zero-order chi connectivity index (χ0) is 16.9. The molecular formula is C17H19NO4S. The molecule has 0 saturated heterocycles. The highest BCUT2D eigenvalue weighted by Crippen LogP contribution is 2.25. The molecule has 1 aromatic heterocycles. The molecule has 23 heavy (non-hydrogen) atoms. The van der Waals surface area contributed by atoms with Crippen LogP contribution >= 0.6 is 11.8 Å². The first-order valence-electron chi connectivity index (χ1n) is 7.16. The van der Waals surface area contributed by atoms with Crippen LogP contribution in [-0.4, -0.2) is 23.5 Å². The van der Waals surface area contributed by atoms with Crippen molar-refractivity contribution in [2.45, 2.75) is 24.5 Å². The predicted octanol–water partition coefficient (Wildman–Crippen LogP) is 3.41. The topological polar surface area (TPSA) is 79.5 Å². The number of furan rings is 1. The highest BCUT2D eigenvalue weighted by atomic mass is 32.2. The van der Waals surface area contributed by atoms with Crippen LogP contribution in [0.2, 0.25) is 0 Å². The second-order valence-corrected chi connectivity index (χ2v) is 6.80. The fraction of sp³-hybridized carbons (Fsp3) is 0.294. The Hall–Kier alpha value is -2.21. The molecule has 2 rings (SSSR count). The molecule has 2 aromatic rings. The molecule has 0 aliphatic rings. The van der Waals surface area contributed by atoms with Crippen LogP contribution in [0.25, 0.3) is 0 Å². The first-order chi connectivity index (χ1) is 10.9. The first kappa shape index (κ1) is 17.1. The van der Waals surface area contributed by atoms with E-state index in [9.17, 15) is 9.59 Å². The Morgan fingerprint density at radius 1 is 1.22 bits per heavy atom. The summed E-state index contributed by atoms with van der Waals surface area (Å²) in [4.78, 5) is 24.4. The lowest BCUT2D eigenvalue weighted by Crippen LogP contribution is -2.39. The number of aliphatic carboxylic acids is 1. The zero-order valence-corrected chi connectivity index (χ0v) is 13.9. The van der Waals surface area contributed by atoms with Crippen molar-refractivity contribution in [3.05, 3.63) is 54.0 Å². The Bertz CT molecular complexity index is 679. The Balaban J connectivity index is 1.97. The lowest BCUT2D eigenvalue weighted by molar-refractivity contribution is -0.146. The second kappa shape index (κ2) is 7.37. The number of carbonyl (C=O) groups is 2. The summed E-state index contributed by atoms with van der Waals surface area (Å²) >= 11 is 1.60. The van der Waals surface area contributed by atoms with E-state index in [-0.39, 0.29) is 12.3 Å². The minimum Gasteiger partial charge on any atom is -0.481 e. The summed E-state index contributed by atoms with van der Waals surface area (Å²) in [6, 6.07) is 11.6. The zero-order valence-electron chi connectivity index (χ0n) is 13.0. The number of rotatable bonds is 7. The Labute approximate surface area is 139 Å². The number of carbonyl (C=O) groups excluding carboxylic acids is 1. The summed E-state index contributed by atoms with van der Waals surface area (Å²) in [5, 5.41) is 11.7. The van der Waals surface area contributed by atoms with Crippen LogP contribution in [0.15, 0.2) is 52.0 Å². The predicted molar refractivity (Wildman–Crippen MR) is 88.5 cm³/mol. The van der Waals surface area contributed by atoms with E-state index in [4.69, 9.17) is 9.52 Å². The minimum absolute atomic E-state index is 0.0349. The van der Waals surface area contributed by atoms with E-state index < -0.39 is 17.3 Å². The third kappa shape index (κ3) is 4.63. The summed E-state index contributed by atoms with van der Waals surface area (Å²) in [6.07, 6.45) is 1.47. The molecule has 0 bridgehead atoms. The van der Waals surface area contributed by atoms with Gasteiger partial charge >= 0.3 is 5.97 Å². The van der Waals surface area contributed by atoms with Gasteiger partial charge in [-0.15, -0.1) is 11.8 Å². The molecular weight excluding hydrogens is 314 g/mol. The molecule has 0 atom stereocenters. The molecule has 1 amide bonds. The van der Waals surface area contributed by atoms with Gasteiger partial charge in [-0.3, -0.25) is 9.59 Å². The Morgan fingerprint density at radius 3 is 2.57 bits per heavy atom. The summed E-state index contributed by atoms with van der Waals surface area (Å²) in [6.45, 7) is 3.15. The molecule has 0 radical (unpaired) electrons. The van der Waals surface area contributed by atoms with Gasteiger partial charge in [0.05, 0.1) is 11.7 Å². The lowest BCUT2D eigenvalue weighted by atomic mass is 9.94. The molecule has 0 unspecified atom stereocenters. The summed E-state index contributed by atoms with van der Waals surface area (Å²) in [7, 11) is 0. The largest absolute Gasteiger partial charge is 0.481 e. The maximum Gasteiger partial charge on any atom is 0.310 e. The van der Waals surface area contributed by atoms with E-state index >= 15 is 0 Å². The van der Waals surface area contributed by atoms with Crippen LogP contribution in [0.4, 0.5) is 0 Å². The van der Waals surface area contributed by atoms with E-state index in [2.05, 4.69) is 5.32 Å². The van der Waals surface area contributed by atoms with Gasteiger partial charge in [0, 0.05) is 22.8 Å². The van der Waals surface area contributed by atoms with Gasteiger partial charge in [0.1, 0.15) is 0 Å². The van der Waals surface area contributed by atoms with Gasteiger partial charge in [-0.2, -0.15) is 0 Å². The summed E-state index contributed by atoms with van der Waals surface area (Å²) < 4.78 is 5.27. The van der Waals surface area contributed by atoms with Gasteiger partial charge in [-0.05, 0) is 32.0 Å². The molecule has 0 saturated carbocycles. The standard InChI is InChI=1S/C17H19NO4S/c1-17(2,16(20)21)11-18-15(19)14-12(8-9-22-14)10-23-13-6-4-3-5-7-13/h3-9H,10-11H2,1-2H3,(H,18,19)(H,20,21). The van der Waals surface area contributed by atoms with E-state index in [0.717, 1.165) is 10.5 Å². The van der Waals surface area contributed by atoms with Crippen molar-refractivity contribution in [1.82, 2.24) is 5.32 Å². The van der Waals surface area contributed by atoms with Crippen molar-refractivity contribution >= 4 is 23.6 Å². The van der Waals surface area contributed by atoms with Crippen LogP contribution in [-0.2, 0) is 10.5 Å². The van der Waals surface area contributed by atoms with Gasteiger partial charge in [0.2, 0.25) is 0 Å². The number of nitrogens with one attached hydrogen (secondary N) is 1. The highest BCUT2D eigenvalue weighted by Gasteiger charge is 2.28. The maximum atomic E-state index is 12.2. The van der Waals surface area contributed by atoms with Crippen molar-refractivity contribution < 1.29 is 19.1 Å². The van der Waals surface area contributed by atoms with Crippen molar-refractivity contribution in [1.29, 1.82) is 0 Å². The molecule has 5 nitrogen and oxygen atoms in total. The smallest absolute Gasteiger partial charge is 0.310 e. The monoisotopic (exact) mass is 333 g/mol. The summed E-state index contributed by atoms with van der Waals surface area (Å²) in [5.41, 5.74) is -0.245. The summed E-state index contributed by atoms with van der Waals surface area (Å²) in [5.74, 6) is -0.523. The van der Waals surface area contributed by atoms with E-state index in [1.165, 1.54) is 6.26 Å². The average Bonchev–Trinajstić information content (AvgIpc) is 3.00. The SMILES string of the molecule is CC(C)(CNC(=O)c1occc1CSc1ccccc1)C(=O)O. The molecule has 1 aromatic carbocycles. The number of carboxylic acids is 1. The highest BCUT2D eigenvalue weighted by molar-refractivity contribution is 7.98. The van der Waals surface area contributed by atoms with Gasteiger partial charge in [-0.1, -0.05) is 18.2 Å². The van der Waals surface area contributed by atoms with Crippen molar-refractivity contribution in [3.8, 4) is 0 Å². The van der Waals surface area contributed by atoms with E-state index in [0.29, 0.717) is 5.75 Å². The molecule has 6 heteroatoms. The third-order valence-corrected chi connectivity index (χ3v) is 4.42. The normalized spacial score (nSPS) is 11.2. The molecule has 2 N–H and O–H groups in total. The first-order valence-corrected chi connectivity index (χ1v) is 8.14. The fourth-order valence-corrected chi connectivity index (χ4v) is 2.68. The molecule has 122 valence electrons. The number of benzene rings is 1. The van der Waals surface area contributed by atoms with Crippen LogP contribution in [0.5, 0.6) is 0 Å². The fourth-order valence-electron chi connectivity index (χ4n) is 1.78. The quantitative estimate of drug-likeness (QED) is 0.759. The van der Waals surface area contributed by atoms with Gasteiger partial charge in [0.25, 0.3) is 5.91 Å². The van der Waals surface area contributed by atoms with Crippen LogP contribution in [0.3, 0.4) is 0 Å². The van der Waals surface area contributed by atoms with Crippen LogP contribution in [0.1, 0.15) is 30.0 Å². The van der Waals surface area contributed by atoms with E-state index in [1.54, 1.807) is 31.7 Å². The number of hydrogen-bond acceptors (Lipinski definition) is 4. The number of thioether (sulfide) groups is 1. The van der Waals surface area contributed by atoms with Gasteiger partial charge < -0.3 is 14.8 Å². The molecule has 1 heterocycles. The molecule has 0 spiro atoms. The van der Waals surface area contributed by atoms with Crippen molar-refractivity contribution in [2.75, 3.05) is 6.54 Å². The Morgan fingerprint density at radius 2 is 1.91 bits per heavy atom. The molecule has 0 fully saturated rings. The van der Waals surface area contributed by atoms with Crippen molar-refractivity contribution in [2.24, 2.45) is 5.41 Å². The van der Waals surface area contributed by atoms with Crippen molar-refractivity contribution in [3.63, 3.8) is 0 Å². The average molecular weight is 333 g/mol. The maximum absolute atomic E-state index is 12.2. The Kier molecular flexibility index (Phi) is 5.50. The van der Waals surface area contributed by atoms with Gasteiger partial charge in [-0.25, -0.2) is 0 Å². The number of hydrogen-bond donors (Lipinski definition) is 2. The van der Waals surface area contributed by atoms with Crippen LogP contribution < -0.4 is 5.32 Å². The molecule has 0 aliphatic heterocycles. The third-order valence-electron chi connectivity index (χ3n) is 3.36. The number of carboxylic acid groups (broad SMARTS) is 1. The second-order valence-electron chi connectivity index (χ2n) is 5.75.